The summed E-state index contributed by atoms with van der Waals surface area (Å²) in [6.07, 6.45) is 0. The number of carboxylic acids is 1. The van der Waals surface area contributed by atoms with Crippen LogP contribution in [0.5, 0.6) is 0 Å². The smallest absolute Gasteiger partial charge is 0.353 e. The third-order valence-corrected chi connectivity index (χ3v) is 4.07. The Hall–Kier alpha value is -2.13. The van der Waals surface area contributed by atoms with E-state index in [1.807, 2.05) is 4.72 Å². The van der Waals surface area contributed by atoms with Crippen LogP contribution < -0.4 is 4.72 Å². The van der Waals surface area contributed by atoms with Gasteiger partial charge in [-0.05, 0) is 18.2 Å². The minimum absolute atomic E-state index is 0.220. The summed E-state index contributed by atoms with van der Waals surface area (Å²) >= 11 is 5.65. The van der Waals surface area contributed by atoms with Crippen LogP contribution in [0.2, 0.25) is 5.02 Å². The predicted molar refractivity (Wildman–Crippen MR) is 67.8 cm³/mol. The maximum absolute atomic E-state index is 12.9. The second-order valence-corrected chi connectivity index (χ2v) is 5.71. The lowest BCUT2D eigenvalue weighted by Crippen LogP contribution is -2.13. The van der Waals surface area contributed by atoms with Crippen LogP contribution in [-0.4, -0.2) is 29.7 Å². The Morgan fingerprint density at radius 2 is 2.10 bits per heavy atom. The topological polar surface area (TPSA) is 112 Å². The zero-order valence-electron chi connectivity index (χ0n) is 9.59. The number of carboxylic acid groups (broad SMARTS) is 1. The quantitative estimate of drug-likeness (QED) is 0.794. The first kappa shape index (κ1) is 14.3. The number of carbonyl (C=O) groups is 1. The molecule has 2 rings (SSSR count). The van der Waals surface area contributed by atoms with Crippen molar-refractivity contribution in [2.24, 2.45) is 0 Å². The number of hydrogen-bond donors (Lipinski definition) is 3. The van der Waals surface area contributed by atoms with Crippen LogP contribution in [0.1, 0.15) is 10.5 Å². The van der Waals surface area contributed by atoms with Crippen LogP contribution in [-0.2, 0) is 10.0 Å². The predicted octanol–water partition coefficient (Wildman–Crippen LogP) is 1.70. The van der Waals surface area contributed by atoms with Gasteiger partial charge in [-0.25, -0.2) is 17.6 Å². The Labute approximate surface area is 117 Å². The molecule has 7 nitrogen and oxygen atoms in total. The van der Waals surface area contributed by atoms with Crippen molar-refractivity contribution in [1.82, 2.24) is 10.2 Å². The molecule has 1 heterocycles. The van der Waals surface area contributed by atoms with Gasteiger partial charge in [0.25, 0.3) is 10.0 Å². The summed E-state index contributed by atoms with van der Waals surface area (Å²) in [6.45, 7) is 0. The van der Waals surface area contributed by atoms with Gasteiger partial charge in [-0.1, -0.05) is 11.6 Å². The average Bonchev–Trinajstić information content (AvgIpc) is 2.76. The Bertz CT molecular complexity index is 775. The van der Waals surface area contributed by atoms with E-state index in [1.54, 1.807) is 0 Å². The Morgan fingerprint density at radius 1 is 1.40 bits per heavy atom. The van der Waals surface area contributed by atoms with Crippen molar-refractivity contribution in [1.29, 1.82) is 0 Å². The van der Waals surface area contributed by atoms with Gasteiger partial charge in [-0.3, -0.25) is 9.82 Å². The molecule has 0 unspecified atom stereocenters. The second-order valence-electron chi connectivity index (χ2n) is 3.65. The van der Waals surface area contributed by atoms with E-state index >= 15 is 0 Å². The molecule has 0 aliphatic rings. The summed E-state index contributed by atoms with van der Waals surface area (Å²) in [7, 11) is -4.10. The van der Waals surface area contributed by atoms with Crippen LogP contribution in [0.4, 0.5) is 10.2 Å². The molecule has 20 heavy (non-hydrogen) atoms. The van der Waals surface area contributed by atoms with E-state index in [9.17, 15) is 17.6 Å². The van der Waals surface area contributed by atoms with Crippen LogP contribution >= 0.6 is 11.6 Å². The lowest BCUT2D eigenvalue weighted by Gasteiger charge is -2.06. The van der Waals surface area contributed by atoms with E-state index < -0.39 is 21.8 Å². The maximum atomic E-state index is 12.9. The summed E-state index contributed by atoms with van der Waals surface area (Å²) in [5, 5.41) is 14.0. The Kier molecular flexibility index (Phi) is 3.64. The molecular formula is C10H7ClFN3O4S. The van der Waals surface area contributed by atoms with E-state index in [4.69, 9.17) is 16.7 Å². The highest BCUT2D eigenvalue weighted by atomic mass is 35.5. The molecule has 3 N–H and O–H groups in total. The number of hydrogen-bond acceptors (Lipinski definition) is 4. The minimum Gasteiger partial charge on any atom is -0.477 e. The summed E-state index contributed by atoms with van der Waals surface area (Å²) in [5.74, 6) is -2.19. The molecule has 1 aromatic heterocycles. The van der Waals surface area contributed by atoms with Crippen molar-refractivity contribution in [3.63, 3.8) is 0 Å². The molecule has 0 saturated carbocycles. The molecule has 10 heteroatoms. The second kappa shape index (κ2) is 5.10. The number of aromatic nitrogens is 2. The first-order valence-corrected chi connectivity index (χ1v) is 6.92. The van der Waals surface area contributed by atoms with Gasteiger partial charge in [0.1, 0.15) is 16.4 Å². The standard InChI is InChI=1S/C10H7ClFN3O4S/c11-6-3-5(12)1-2-8(6)20(18,19)15-9-4-7(10(16)17)13-14-9/h1-4H,(H,16,17)(H2,13,14,15). The van der Waals surface area contributed by atoms with Crippen molar-refractivity contribution >= 4 is 33.4 Å². The summed E-state index contributed by atoms with van der Waals surface area (Å²) in [6, 6.07) is 3.78. The number of sulfonamides is 1. The molecule has 2 aromatic rings. The first-order valence-electron chi connectivity index (χ1n) is 5.06. The van der Waals surface area contributed by atoms with Gasteiger partial charge < -0.3 is 5.11 Å². The number of H-pyrrole nitrogens is 1. The molecule has 0 aliphatic carbocycles. The Morgan fingerprint density at radius 3 is 2.65 bits per heavy atom. The van der Waals surface area contributed by atoms with Gasteiger partial charge in [0.05, 0.1) is 5.02 Å². The number of aromatic amines is 1. The fraction of sp³-hybridized carbons (Fsp3) is 0. The van der Waals surface area contributed by atoms with Gasteiger partial charge in [0.15, 0.2) is 5.82 Å². The molecule has 0 spiro atoms. The van der Waals surface area contributed by atoms with Crippen LogP contribution in [0, 0.1) is 5.82 Å². The Balaban J connectivity index is 2.33. The van der Waals surface area contributed by atoms with Gasteiger partial charge in [0.2, 0.25) is 0 Å². The lowest BCUT2D eigenvalue weighted by atomic mass is 10.3. The first-order chi connectivity index (χ1) is 9.29. The fourth-order valence-electron chi connectivity index (χ4n) is 1.37. The fourth-order valence-corrected chi connectivity index (χ4v) is 2.89. The number of nitrogens with zero attached hydrogens (tertiary/aromatic N) is 1. The largest absolute Gasteiger partial charge is 0.477 e. The summed E-state index contributed by atoms with van der Waals surface area (Å²) in [4.78, 5) is 10.3. The van der Waals surface area contributed by atoms with E-state index in [0.717, 1.165) is 24.3 Å². The highest BCUT2D eigenvalue weighted by Gasteiger charge is 2.20. The van der Waals surface area contributed by atoms with Crippen molar-refractivity contribution in [2.45, 2.75) is 4.90 Å². The van der Waals surface area contributed by atoms with Gasteiger partial charge in [-0.15, -0.1) is 0 Å². The average molecular weight is 320 g/mol. The number of rotatable bonds is 4. The van der Waals surface area contributed by atoms with Crippen molar-refractivity contribution < 1.29 is 22.7 Å². The lowest BCUT2D eigenvalue weighted by molar-refractivity contribution is 0.0690. The highest BCUT2D eigenvalue weighted by Crippen LogP contribution is 2.24. The summed E-state index contributed by atoms with van der Waals surface area (Å²) in [5.41, 5.74) is -0.284. The van der Waals surface area contributed by atoms with E-state index in [2.05, 4.69) is 10.2 Å². The molecule has 0 aliphatic heterocycles. The number of anilines is 1. The molecule has 1 aromatic carbocycles. The number of benzene rings is 1. The van der Waals surface area contributed by atoms with Crippen molar-refractivity contribution in [3.8, 4) is 0 Å². The van der Waals surface area contributed by atoms with Gasteiger partial charge in [0, 0.05) is 6.07 Å². The van der Waals surface area contributed by atoms with Crippen molar-refractivity contribution in [3.05, 3.63) is 40.8 Å². The zero-order chi connectivity index (χ0) is 14.9. The molecule has 0 saturated heterocycles. The molecule has 106 valence electrons. The van der Waals surface area contributed by atoms with E-state index in [1.165, 1.54) is 0 Å². The molecule has 0 radical (unpaired) electrons. The van der Waals surface area contributed by atoms with Crippen LogP contribution in [0.25, 0.3) is 0 Å². The molecular weight excluding hydrogens is 313 g/mol. The summed E-state index contributed by atoms with van der Waals surface area (Å²) < 4.78 is 38.9. The SMILES string of the molecule is O=C(O)c1cc(NS(=O)(=O)c2ccc(F)cc2Cl)n[nH]1. The van der Waals surface area contributed by atoms with Crippen LogP contribution in [0.15, 0.2) is 29.2 Å². The molecule has 0 bridgehead atoms. The van der Waals surface area contributed by atoms with Gasteiger partial charge >= 0.3 is 5.97 Å². The van der Waals surface area contributed by atoms with Gasteiger partial charge in [-0.2, -0.15) is 5.10 Å². The molecule has 0 amide bonds. The number of aromatic carboxylic acids is 1. The molecule has 0 atom stereocenters. The highest BCUT2D eigenvalue weighted by molar-refractivity contribution is 7.92. The minimum atomic E-state index is -4.10. The third-order valence-electron chi connectivity index (χ3n) is 2.23. The van der Waals surface area contributed by atoms with E-state index in [-0.39, 0.29) is 21.4 Å². The van der Waals surface area contributed by atoms with Crippen LogP contribution in [0.3, 0.4) is 0 Å². The van der Waals surface area contributed by atoms with E-state index in [0.29, 0.717) is 0 Å². The normalized spacial score (nSPS) is 11.3. The number of nitrogens with one attached hydrogen (secondary N) is 2. The maximum Gasteiger partial charge on any atom is 0.353 e. The van der Waals surface area contributed by atoms with Crippen molar-refractivity contribution in [2.75, 3.05) is 4.72 Å². The molecule has 0 fully saturated rings. The third kappa shape index (κ3) is 2.89. The monoisotopic (exact) mass is 319 g/mol. The number of halogens is 2. The zero-order valence-corrected chi connectivity index (χ0v) is 11.2.